The van der Waals surface area contributed by atoms with Gasteiger partial charge < -0.3 is 16.0 Å². The van der Waals surface area contributed by atoms with E-state index in [2.05, 4.69) is 5.32 Å². The van der Waals surface area contributed by atoms with Crippen molar-refractivity contribution in [1.29, 1.82) is 0 Å². The van der Waals surface area contributed by atoms with Gasteiger partial charge in [-0.1, -0.05) is 13.8 Å². The van der Waals surface area contributed by atoms with Crippen molar-refractivity contribution in [2.45, 2.75) is 64.8 Å². The molecule has 0 radical (unpaired) electrons. The van der Waals surface area contributed by atoms with Crippen molar-refractivity contribution in [1.82, 2.24) is 10.2 Å². The Morgan fingerprint density at radius 1 is 1.04 bits per heavy atom. The summed E-state index contributed by atoms with van der Waals surface area (Å²) < 4.78 is 0. The van der Waals surface area contributed by atoms with Gasteiger partial charge >= 0.3 is 0 Å². The molecular weight excluding hydrogens is 342 g/mol. The maximum atomic E-state index is 13.3. The zero-order valence-electron chi connectivity index (χ0n) is 16.6. The highest BCUT2D eigenvalue weighted by molar-refractivity contribution is 5.91. The van der Waals surface area contributed by atoms with Gasteiger partial charge in [0, 0.05) is 18.5 Å². The third kappa shape index (κ3) is 3.36. The van der Waals surface area contributed by atoms with E-state index in [9.17, 15) is 14.4 Å². The number of likely N-dealkylation sites (tertiary alicyclic amines) is 1. The zero-order chi connectivity index (χ0) is 19.3. The van der Waals surface area contributed by atoms with E-state index in [0.717, 1.165) is 19.3 Å². The van der Waals surface area contributed by atoms with Gasteiger partial charge in [-0.15, -0.1) is 0 Å². The van der Waals surface area contributed by atoms with Crippen LogP contribution in [0.1, 0.15) is 58.8 Å². The van der Waals surface area contributed by atoms with Crippen LogP contribution >= 0.6 is 0 Å². The van der Waals surface area contributed by atoms with Gasteiger partial charge in [-0.05, 0) is 68.6 Å². The number of primary amides is 1. The molecule has 5 fully saturated rings. The summed E-state index contributed by atoms with van der Waals surface area (Å²) in [6, 6.07) is -0.517. The second-order valence-corrected chi connectivity index (χ2v) is 10.1. The van der Waals surface area contributed by atoms with E-state index in [1.54, 1.807) is 4.90 Å². The number of hydrogen-bond donors (Lipinski definition) is 2. The minimum Gasteiger partial charge on any atom is -0.369 e. The summed E-state index contributed by atoms with van der Waals surface area (Å²) in [7, 11) is 0. The predicted molar refractivity (Wildman–Crippen MR) is 101 cm³/mol. The van der Waals surface area contributed by atoms with Crippen LogP contribution in [-0.2, 0) is 14.4 Å². The molecular formula is C21H33N3O3. The molecule has 0 aromatic rings. The van der Waals surface area contributed by atoms with Crippen molar-refractivity contribution in [3.8, 4) is 0 Å². The smallest absolute Gasteiger partial charge is 0.245 e. The van der Waals surface area contributed by atoms with Crippen LogP contribution in [0.3, 0.4) is 0 Å². The fraction of sp³-hybridized carbons (Fsp3) is 0.857. The molecule has 5 rings (SSSR count). The Morgan fingerprint density at radius 3 is 2.04 bits per heavy atom. The fourth-order valence-corrected chi connectivity index (χ4v) is 6.59. The van der Waals surface area contributed by atoms with Crippen LogP contribution in [0.15, 0.2) is 0 Å². The maximum absolute atomic E-state index is 13.3. The van der Waals surface area contributed by atoms with Gasteiger partial charge in [-0.2, -0.15) is 0 Å². The minimum atomic E-state index is -0.517. The van der Waals surface area contributed by atoms with Crippen LogP contribution < -0.4 is 11.1 Å². The lowest BCUT2D eigenvalue weighted by molar-refractivity contribution is -0.150. The molecule has 150 valence electrons. The van der Waals surface area contributed by atoms with Crippen LogP contribution in [0.5, 0.6) is 0 Å². The maximum Gasteiger partial charge on any atom is 0.245 e. The minimum absolute atomic E-state index is 0.0167. The first-order chi connectivity index (χ1) is 12.8. The summed E-state index contributed by atoms with van der Waals surface area (Å²) in [6.45, 7) is 4.88. The molecule has 1 aliphatic heterocycles. The van der Waals surface area contributed by atoms with Crippen LogP contribution in [0.4, 0.5) is 0 Å². The van der Waals surface area contributed by atoms with Crippen molar-refractivity contribution in [2.75, 3.05) is 13.1 Å². The van der Waals surface area contributed by atoms with Crippen molar-refractivity contribution in [2.24, 2.45) is 40.7 Å². The number of nitrogens with two attached hydrogens (primary N) is 1. The Labute approximate surface area is 161 Å². The summed E-state index contributed by atoms with van der Waals surface area (Å²) in [4.78, 5) is 39.6. The quantitative estimate of drug-likeness (QED) is 0.766. The molecule has 4 saturated carbocycles. The first-order valence-electron chi connectivity index (χ1n) is 10.7. The molecule has 3 N–H and O–H groups in total. The van der Waals surface area contributed by atoms with Crippen LogP contribution in [0.2, 0.25) is 0 Å². The highest BCUT2D eigenvalue weighted by Gasteiger charge is 2.55. The zero-order valence-corrected chi connectivity index (χ0v) is 16.6. The van der Waals surface area contributed by atoms with Crippen molar-refractivity contribution < 1.29 is 14.4 Å². The molecule has 1 saturated heterocycles. The standard InChI is InChI=1S/C21H33N3O3/c1-12(2)17(19(26)24-4-3-16(11-24)18(22)25)23-20(27)21-8-13-5-14(9-21)7-15(6-13)10-21/h12-17H,3-11H2,1-2H3,(H2,22,25)(H,23,27). The Balaban J connectivity index is 1.45. The Kier molecular flexibility index (Phi) is 4.71. The Morgan fingerprint density at radius 2 is 1.59 bits per heavy atom. The fourth-order valence-electron chi connectivity index (χ4n) is 6.59. The van der Waals surface area contributed by atoms with E-state index in [4.69, 9.17) is 5.73 Å². The van der Waals surface area contributed by atoms with E-state index < -0.39 is 6.04 Å². The average molecular weight is 376 g/mol. The SMILES string of the molecule is CC(C)C(NC(=O)C12CC3CC(CC(C3)C1)C2)C(=O)N1CCC(C(N)=O)C1. The highest BCUT2D eigenvalue weighted by atomic mass is 16.2. The number of nitrogens with one attached hydrogen (secondary N) is 1. The summed E-state index contributed by atoms with van der Waals surface area (Å²) in [5.74, 6) is 1.54. The molecule has 4 bridgehead atoms. The van der Waals surface area contributed by atoms with Gasteiger partial charge in [0.25, 0.3) is 0 Å². The van der Waals surface area contributed by atoms with Gasteiger partial charge in [-0.3, -0.25) is 14.4 Å². The van der Waals surface area contributed by atoms with Crippen molar-refractivity contribution in [3.63, 3.8) is 0 Å². The van der Waals surface area contributed by atoms with Crippen LogP contribution in [-0.4, -0.2) is 41.8 Å². The van der Waals surface area contributed by atoms with E-state index in [1.165, 1.54) is 19.3 Å². The normalized spacial score (nSPS) is 38.3. The number of nitrogens with zero attached hydrogens (tertiary/aromatic N) is 1. The molecule has 0 aromatic heterocycles. The van der Waals surface area contributed by atoms with E-state index in [0.29, 0.717) is 37.3 Å². The predicted octanol–water partition coefficient (Wildman–Crippen LogP) is 1.68. The van der Waals surface area contributed by atoms with Gasteiger partial charge in [0.2, 0.25) is 17.7 Å². The van der Waals surface area contributed by atoms with Gasteiger partial charge in [0.15, 0.2) is 0 Å². The Bertz CT molecular complexity index is 609. The second-order valence-electron chi connectivity index (χ2n) is 10.1. The van der Waals surface area contributed by atoms with E-state index >= 15 is 0 Å². The molecule has 6 heteroatoms. The molecule has 0 spiro atoms. The summed E-state index contributed by atoms with van der Waals surface area (Å²) in [5, 5.41) is 3.15. The largest absolute Gasteiger partial charge is 0.369 e. The molecule has 1 heterocycles. The van der Waals surface area contributed by atoms with Crippen molar-refractivity contribution in [3.05, 3.63) is 0 Å². The van der Waals surface area contributed by atoms with Gasteiger partial charge in [0.1, 0.15) is 6.04 Å². The number of carbonyl (C=O) groups is 3. The molecule has 3 amide bonds. The summed E-state index contributed by atoms with van der Waals surface area (Å²) in [6.07, 6.45) is 7.49. The third-order valence-electron chi connectivity index (χ3n) is 7.64. The second kappa shape index (κ2) is 6.78. The monoisotopic (exact) mass is 375 g/mol. The molecule has 6 nitrogen and oxygen atoms in total. The first-order valence-corrected chi connectivity index (χ1v) is 10.7. The average Bonchev–Trinajstić information content (AvgIpc) is 3.07. The third-order valence-corrected chi connectivity index (χ3v) is 7.64. The lowest BCUT2D eigenvalue weighted by Gasteiger charge is -2.56. The van der Waals surface area contributed by atoms with E-state index in [1.807, 2.05) is 13.8 Å². The van der Waals surface area contributed by atoms with Crippen LogP contribution in [0.25, 0.3) is 0 Å². The van der Waals surface area contributed by atoms with Gasteiger partial charge in [0.05, 0.1) is 5.92 Å². The lowest BCUT2D eigenvalue weighted by atomic mass is 9.49. The van der Waals surface area contributed by atoms with Gasteiger partial charge in [-0.25, -0.2) is 0 Å². The molecule has 2 atom stereocenters. The number of rotatable bonds is 5. The lowest BCUT2D eigenvalue weighted by Crippen LogP contribution is -2.58. The Hall–Kier alpha value is -1.59. The molecule has 5 aliphatic rings. The summed E-state index contributed by atoms with van der Waals surface area (Å²) in [5.41, 5.74) is 5.15. The highest BCUT2D eigenvalue weighted by Crippen LogP contribution is 2.60. The number of carbonyl (C=O) groups excluding carboxylic acids is 3. The molecule has 0 aromatic carbocycles. The molecule has 2 unspecified atom stereocenters. The van der Waals surface area contributed by atoms with Crippen LogP contribution in [0, 0.1) is 35.0 Å². The van der Waals surface area contributed by atoms with E-state index in [-0.39, 0.29) is 35.0 Å². The van der Waals surface area contributed by atoms with Crippen molar-refractivity contribution >= 4 is 17.7 Å². The number of amides is 3. The first kappa shape index (κ1) is 18.8. The molecule has 27 heavy (non-hydrogen) atoms. The molecule has 4 aliphatic carbocycles. The topological polar surface area (TPSA) is 92.5 Å². The summed E-state index contributed by atoms with van der Waals surface area (Å²) >= 11 is 0. The number of hydrogen-bond acceptors (Lipinski definition) is 3.